The Hall–Kier alpha value is -4.04. The van der Waals surface area contributed by atoms with Crippen LogP contribution in [0, 0.1) is 0 Å². The summed E-state index contributed by atoms with van der Waals surface area (Å²) in [6.07, 6.45) is 3.65. The maximum atomic E-state index is 12.5. The van der Waals surface area contributed by atoms with E-state index in [1.807, 2.05) is 54.6 Å². The van der Waals surface area contributed by atoms with Crippen LogP contribution in [0.3, 0.4) is 0 Å². The number of piperidine rings is 1. The van der Waals surface area contributed by atoms with Gasteiger partial charge in [-0.3, -0.25) is 4.98 Å². The second kappa shape index (κ2) is 10.3. The number of ether oxygens (including phenoxy) is 3. The number of anilines is 1. The number of benzene rings is 3. The SMILES string of the molecule is COc1cc2nccc(Oc3ccc4cc(NC(=O)NC5CCN(C)CC5)ccc4c3)c2cc1OC. The molecule has 3 aromatic carbocycles. The fourth-order valence-electron chi connectivity index (χ4n) is 4.53. The first kappa shape index (κ1) is 23.7. The molecule has 1 aliphatic rings. The number of rotatable bonds is 6. The molecule has 0 radical (unpaired) electrons. The Morgan fingerprint density at radius 1 is 0.917 bits per heavy atom. The van der Waals surface area contributed by atoms with Crippen LogP contribution in [0.4, 0.5) is 10.5 Å². The summed E-state index contributed by atoms with van der Waals surface area (Å²) in [5.41, 5.74) is 1.50. The predicted octanol–water partition coefficient (Wildman–Crippen LogP) is 5.41. The van der Waals surface area contributed by atoms with Crippen LogP contribution in [0.1, 0.15) is 12.8 Å². The Bertz CT molecular complexity index is 1400. The highest BCUT2D eigenvalue weighted by molar-refractivity contribution is 5.94. The molecule has 186 valence electrons. The van der Waals surface area contributed by atoms with E-state index in [1.54, 1.807) is 20.4 Å². The lowest BCUT2D eigenvalue weighted by molar-refractivity contribution is 0.221. The number of fused-ring (bicyclic) bond motifs is 2. The number of hydrogen-bond donors (Lipinski definition) is 2. The number of nitrogens with one attached hydrogen (secondary N) is 2. The average molecular weight is 487 g/mol. The van der Waals surface area contributed by atoms with E-state index in [9.17, 15) is 4.79 Å². The summed E-state index contributed by atoms with van der Waals surface area (Å²) in [6, 6.07) is 17.3. The van der Waals surface area contributed by atoms with Gasteiger partial charge >= 0.3 is 6.03 Å². The maximum Gasteiger partial charge on any atom is 0.319 e. The zero-order valence-corrected chi connectivity index (χ0v) is 20.7. The molecule has 2 N–H and O–H groups in total. The Balaban J connectivity index is 1.31. The minimum atomic E-state index is -0.166. The van der Waals surface area contributed by atoms with Gasteiger partial charge < -0.3 is 29.7 Å². The van der Waals surface area contributed by atoms with Crippen molar-refractivity contribution in [1.82, 2.24) is 15.2 Å². The number of hydrogen-bond acceptors (Lipinski definition) is 6. The van der Waals surface area contributed by atoms with E-state index in [1.165, 1.54) is 0 Å². The van der Waals surface area contributed by atoms with Crippen LogP contribution >= 0.6 is 0 Å². The summed E-state index contributed by atoms with van der Waals surface area (Å²) in [5, 5.41) is 8.88. The molecule has 2 amide bonds. The van der Waals surface area contributed by atoms with Gasteiger partial charge in [0.15, 0.2) is 11.5 Å². The van der Waals surface area contributed by atoms with Crippen molar-refractivity contribution in [3.63, 3.8) is 0 Å². The van der Waals surface area contributed by atoms with Crippen molar-refractivity contribution in [2.75, 3.05) is 39.7 Å². The number of aromatic nitrogens is 1. The lowest BCUT2D eigenvalue weighted by Gasteiger charge is -2.29. The minimum Gasteiger partial charge on any atom is -0.493 e. The van der Waals surface area contributed by atoms with Gasteiger partial charge in [0.1, 0.15) is 11.5 Å². The highest BCUT2D eigenvalue weighted by atomic mass is 16.5. The topological polar surface area (TPSA) is 85.0 Å². The summed E-state index contributed by atoms with van der Waals surface area (Å²) in [7, 11) is 5.31. The van der Waals surface area contributed by atoms with Crippen LogP contribution < -0.4 is 24.8 Å². The van der Waals surface area contributed by atoms with Crippen LogP contribution in [0.25, 0.3) is 21.7 Å². The third-order valence-electron chi connectivity index (χ3n) is 6.56. The molecule has 1 aliphatic heterocycles. The Labute approximate surface area is 210 Å². The van der Waals surface area contributed by atoms with Crippen molar-refractivity contribution < 1.29 is 19.0 Å². The summed E-state index contributed by atoms with van der Waals surface area (Å²) < 4.78 is 17.1. The molecule has 5 rings (SSSR count). The van der Waals surface area contributed by atoms with Crippen LogP contribution in [-0.2, 0) is 0 Å². The van der Waals surface area contributed by atoms with Crippen LogP contribution in [0.15, 0.2) is 60.8 Å². The zero-order valence-electron chi connectivity index (χ0n) is 20.7. The average Bonchev–Trinajstić information content (AvgIpc) is 2.89. The van der Waals surface area contributed by atoms with Crippen molar-refractivity contribution in [3.8, 4) is 23.0 Å². The lowest BCUT2D eigenvalue weighted by Crippen LogP contribution is -2.44. The van der Waals surface area contributed by atoms with Crippen LogP contribution in [0.5, 0.6) is 23.0 Å². The van der Waals surface area contributed by atoms with Gasteiger partial charge in [-0.25, -0.2) is 4.79 Å². The van der Waals surface area contributed by atoms with E-state index < -0.39 is 0 Å². The Morgan fingerprint density at radius 3 is 2.42 bits per heavy atom. The summed E-state index contributed by atoms with van der Waals surface area (Å²) in [6.45, 7) is 2.00. The number of pyridine rings is 1. The molecule has 1 aromatic heterocycles. The molecule has 36 heavy (non-hydrogen) atoms. The third-order valence-corrected chi connectivity index (χ3v) is 6.56. The first-order valence-electron chi connectivity index (χ1n) is 12.0. The van der Waals surface area contributed by atoms with E-state index in [4.69, 9.17) is 14.2 Å². The molecule has 0 atom stereocenters. The molecule has 0 saturated carbocycles. The van der Waals surface area contributed by atoms with E-state index in [-0.39, 0.29) is 12.1 Å². The Morgan fingerprint density at radius 2 is 1.64 bits per heavy atom. The highest BCUT2D eigenvalue weighted by Crippen LogP contribution is 2.37. The van der Waals surface area contributed by atoms with Gasteiger partial charge in [-0.15, -0.1) is 0 Å². The van der Waals surface area contributed by atoms with Gasteiger partial charge in [-0.2, -0.15) is 0 Å². The molecule has 2 heterocycles. The van der Waals surface area contributed by atoms with Crippen molar-refractivity contribution in [2.24, 2.45) is 0 Å². The number of carbonyl (C=O) groups excluding carboxylic acids is 1. The summed E-state index contributed by atoms with van der Waals surface area (Å²) in [4.78, 5) is 19.2. The van der Waals surface area contributed by atoms with Crippen molar-refractivity contribution in [3.05, 3.63) is 60.8 Å². The molecular formula is C28H30N4O4. The Kier molecular flexibility index (Phi) is 6.77. The lowest BCUT2D eigenvalue weighted by atomic mass is 10.1. The van der Waals surface area contributed by atoms with Crippen molar-refractivity contribution in [1.29, 1.82) is 0 Å². The fraction of sp³-hybridized carbons (Fsp3) is 0.286. The first-order valence-corrected chi connectivity index (χ1v) is 12.0. The van der Waals surface area contributed by atoms with E-state index in [0.717, 1.165) is 53.3 Å². The summed E-state index contributed by atoms with van der Waals surface area (Å²) >= 11 is 0. The first-order chi connectivity index (χ1) is 17.5. The molecule has 0 bridgehead atoms. The minimum absolute atomic E-state index is 0.166. The molecular weight excluding hydrogens is 456 g/mol. The molecule has 1 saturated heterocycles. The molecule has 8 heteroatoms. The van der Waals surface area contributed by atoms with E-state index in [2.05, 4.69) is 27.6 Å². The monoisotopic (exact) mass is 486 g/mol. The number of likely N-dealkylation sites (tertiary alicyclic amines) is 1. The molecule has 0 aliphatic carbocycles. The van der Waals surface area contributed by atoms with Gasteiger partial charge in [0, 0.05) is 29.4 Å². The standard InChI is InChI=1S/C28H30N4O4/c1-32-12-9-20(10-13-32)30-28(33)31-21-6-4-19-15-22(7-5-18(19)14-21)36-25-8-11-29-24-17-27(35-3)26(34-2)16-23(24)25/h4-8,11,14-17,20H,9-10,12-13H2,1-3H3,(H2,30,31,33). The zero-order chi connectivity index (χ0) is 25.1. The van der Waals surface area contributed by atoms with Gasteiger partial charge in [0.25, 0.3) is 0 Å². The molecule has 0 unspecified atom stereocenters. The van der Waals surface area contributed by atoms with Gasteiger partial charge in [0.05, 0.1) is 19.7 Å². The molecule has 4 aromatic rings. The third kappa shape index (κ3) is 5.13. The number of carbonyl (C=O) groups is 1. The second-order valence-electron chi connectivity index (χ2n) is 9.04. The van der Waals surface area contributed by atoms with Crippen molar-refractivity contribution in [2.45, 2.75) is 18.9 Å². The molecule has 8 nitrogen and oxygen atoms in total. The molecule has 1 fully saturated rings. The quantitative estimate of drug-likeness (QED) is 0.379. The summed E-state index contributed by atoms with van der Waals surface area (Å²) in [5.74, 6) is 2.60. The van der Waals surface area contributed by atoms with Crippen molar-refractivity contribution >= 4 is 33.4 Å². The number of urea groups is 1. The largest absolute Gasteiger partial charge is 0.493 e. The van der Waals surface area contributed by atoms with Gasteiger partial charge in [-0.1, -0.05) is 12.1 Å². The van der Waals surface area contributed by atoms with Crippen LogP contribution in [-0.4, -0.2) is 56.3 Å². The van der Waals surface area contributed by atoms with Crippen LogP contribution in [0.2, 0.25) is 0 Å². The number of nitrogens with zero attached hydrogens (tertiary/aromatic N) is 2. The number of amides is 2. The normalized spacial score (nSPS) is 14.5. The predicted molar refractivity (Wildman–Crippen MR) is 142 cm³/mol. The van der Waals surface area contributed by atoms with E-state index in [0.29, 0.717) is 23.0 Å². The van der Waals surface area contributed by atoms with Gasteiger partial charge in [-0.05, 0) is 80.1 Å². The maximum absolute atomic E-state index is 12.5. The second-order valence-corrected chi connectivity index (χ2v) is 9.04. The molecule has 0 spiro atoms. The van der Waals surface area contributed by atoms with Gasteiger partial charge in [0.2, 0.25) is 0 Å². The smallest absolute Gasteiger partial charge is 0.319 e. The van der Waals surface area contributed by atoms with E-state index >= 15 is 0 Å². The fourth-order valence-corrected chi connectivity index (χ4v) is 4.53. The number of methoxy groups -OCH3 is 2. The highest BCUT2D eigenvalue weighted by Gasteiger charge is 2.18.